The first kappa shape index (κ1) is 13.0. The molecule has 88 valence electrons. The summed E-state index contributed by atoms with van der Waals surface area (Å²) >= 11 is 3.33. The summed E-state index contributed by atoms with van der Waals surface area (Å²) in [6.45, 7) is 4.34. The second kappa shape index (κ2) is 5.84. The van der Waals surface area contributed by atoms with Crippen molar-refractivity contribution in [1.29, 1.82) is 0 Å². The summed E-state index contributed by atoms with van der Waals surface area (Å²) in [5.74, 6) is 0.0162. The minimum Gasteiger partial charge on any atom is -0.364 e. The van der Waals surface area contributed by atoms with Crippen molar-refractivity contribution in [1.82, 2.24) is 10.3 Å². The van der Waals surface area contributed by atoms with E-state index in [4.69, 9.17) is 0 Å². The Morgan fingerprint density at radius 2 is 2.31 bits per heavy atom. The second-order valence-corrected chi connectivity index (χ2v) is 4.51. The molecule has 4 nitrogen and oxygen atoms in total. The summed E-state index contributed by atoms with van der Waals surface area (Å²) in [7, 11) is 0. The molecule has 0 aliphatic heterocycles. The van der Waals surface area contributed by atoms with Crippen LogP contribution in [0.5, 0.6) is 0 Å². The van der Waals surface area contributed by atoms with Crippen molar-refractivity contribution in [2.24, 2.45) is 5.92 Å². The van der Waals surface area contributed by atoms with Crippen LogP contribution < -0.4 is 10.7 Å². The van der Waals surface area contributed by atoms with E-state index in [9.17, 15) is 9.59 Å². The molecule has 2 N–H and O–H groups in total. The van der Waals surface area contributed by atoms with Crippen LogP contribution in [0.15, 0.2) is 17.1 Å². The van der Waals surface area contributed by atoms with Crippen molar-refractivity contribution in [3.8, 4) is 0 Å². The Kier molecular flexibility index (Phi) is 4.73. The van der Waals surface area contributed by atoms with E-state index < -0.39 is 0 Å². The van der Waals surface area contributed by atoms with Gasteiger partial charge in [0, 0.05) is 29.8 Å². The van der Waals surface area contributed by atoms with Gasteiger partial charge in [0.15, 0.2) is 5.43 Å². The lowest BCUT2D eigenvalue weighted by Crippen LogP contribution is -2.32. The Balaban J connectivity index is 2.70. The topological polar surface area (TPSA) is 62.0 Å². The van der Waals surface area contributed by atoms with E-state index in [2.05, 4.69) is 26.2 Å². The van der Waals surface area contributed by atoms with Gasteiger partial charge < -0.3 is 10.3 Å². The number of hydrogen-bond donors (Lipinski definition) is 2. The van der Waals surface area contributed by atoms with Crippen molar-refractivity contribution in [2.45, 2.75) is 13.8 Å². The van der Waals surface area contributed by atoms with Crippen LogP contribution >= 0.6 is 15.9 Å². The third kappa shape index (κ3) is 3.48. The molecule has 0 radical (unpaired) electrons. The fourth-order valence-corrected chi connectivity index (χ4v) is 1.40. The van der Waals surface area contributed by atoms with Gasteiger partial charge in [-0.3, -0.25) is 9.59 Å². The van der Waals surface area contributed by atoms with Crippen LogP contribution in [0, 0.1) is 12.8 Å². The van der Waals surface area contributed by atoms with E-state index in [0.717, 1.165) is 11.0 Å². The van der Waals surface area contributed by atoms with E-state index in [1.54, 1.807) is 6.92 Å². The summed E-state index contributed by atoms with van der Waals surface area (Å²) in [6.07, 6.45) is 1.45. The first-order chi connectivity index (χ1) is 7.54. The first-order valence-electron chi connectivity index (χ1n) is 5.08. The van der Waals surface area contributed by atoms with Crippen molar-refractivity contribution in [3.05, 3.63) is 33.7 Å². The van der Waals surface area contributed by atoms with Gasteiger partial charge in [0.1, 0.15) is 5.56 Å². The van der Waals surface area contributed by atoms with E-state index in [-0.39, 0.29) is 16.9 Å². The zero-order chi connectivity index (χ0) is 12.1. The Bertz CT molecular complexity index is 428. The summed E-state index contributed by atoms with van der Waals surface area (Å²) in [5, 5.41) is 3.54. The molecular weight excluding hydrogens is 272 g/mol. The van der Waals surface area contributed by atoms with Gasteiger partial charge in [0.05, 0.1) is 0 Å². The summed E-state index contributed by atoms with van der Waals surface area (Å²) in [4.78, 5) is 26.0. The predicted molar refractivity (Wildman–Crippen MR) is 67.1 cm³/mol. The van der Waals surface area contributed by atoms with Crippen molar-refractivity contribution < 1.29 is 4.79 Å². The smallest absolute Gasteiger partial charge is 0.256 e. The quantitative estimate of drug-likeness (QED) is 0.823. The van der Waals surface area contributed by atoms with E-state index in [1.165, 1.54) is 12.3 Å². The molecule has 1 heterocycles. The molecule has 0 aliphatic carbocycles. The highest BCUT2D eigenvalue weighted by atomic mass is 79.9. The number of amides is 1. The monoisotopic (exact) mass is 286 g/mol. The molecule has 0 saturated carbocycles. The van der Waals surface area contributed by atoms with Crippen molar-refractivity contribution in [3.63, 3.8) is 0 Å². The van der Waals surface area contributed by atoms with Gasteiger partial charge in [0.2, 0.25) is 0 Å². The van der Waals surface area contributed by atoms with Gasteiger partial charge in [0.25, 0.3) is 5.91 Å². The zero-order valence-corrected chi connectivity index (χ0v) is 10.9. The highest BCUT2D eigenvalue weighted by Crippen LogP contribution is 1.98. The molecule has 16 heavy (non-hydrogen) atoms. The number of H-pyrrole nitrogens is 1. The molecule has 0 bridgehead atoms. The second-order valence-electron chi connectivity index (χ2n) is 3.86. The average molecular weight is 287 g/mol. The molecule has 0 fully saturated rings. The zero-order valence-electron chi connectivity index (χ0n) is 9.34. The number of aromatic nitrogens is 1. The van der Waals surface area contributed by atoms with Gasteiger partial charge in [-0.1, -0.05) is 22.9 Å². The SMILES string of the molecule is Cc1cc(=O)c(C(=O)NCC(C)CBr)c[nH]1. The average Bonchev–Trinajstić information content (AvgIpc) is 2.25. The molecule has 1 amide bonds. The predicted octanol–water partition coefficient (Wildman–Crippen LogP) is 1.44. The molecule has 1 aromatic rings. The molecule has 1 unspecified atom stereocenters. The van der Waals surface area contributed by atoms with Crippen LogP contribution in [-0.4, -0.2) is 22.8 Å². The lowest BCUT2D eigenvalue weighted by molar-refractivity contribution is 0.0948. The third-order valence-corrected chi connectivity index (χ3v) is 3.28. The number of rotatable bonds is 4. The number of pyridine rings is 1. The molecule has 0 aromatic carbocycles. The summed E-state index contributed by atoms with van der Waals surface area (Å²) in [6, 6.07) is 1.42. The minimum atomic E-state index is -0.325. The Morgan fingerprint density at radius 1 is 1.62 bits per heavy atom. The van der Waals surface area contributed by atoms with Gasteiger partial charge in [-0.05, 0) is 12.8 Å². The fourth-order valence-electron chi connectivity index (χ4n) is 1.17. The molecule has 0 aliphatic rings. The Labute approximate surface area is 103 Å². The summed E-state index contributed by atoms with van der Waals surface area (Å²) in [5.41, 5.74) is 0.656. The van der Waals surface area contributed by atoms with Crippen LogP contribution in [0.4, 0.5) is 0 Å². The number of carbonyl (C=O) groups excluding carboxylic acids is 1. The minimum absolute atomic E-state index is 0.160. The Morgan fingerprint density at radius 3 is 2.88 bits per heavy atom. The molecule has 5 heteroatoms. The summed E-state index contributed by atoms with van der Waals surface area (Å²) < 4.78 is 0. The molecule has 1 atom stereocenters. The van der Waals surface area contributed by atoms with Crippen molar-refractivity contribution in [2.75, 3.05) is 11.9 Å². The Hall–Kier alpha value is -1.10. The van der Waals surface area contributed by atoms with Crippen LogP contribution in [0.1, 0.15) is 23.0 Å². The number of hydrogen-bond acceptors (Lipinski definition) is 2. The maximum Gasteiger partial charge on any atom is 0.256 e. The van der Waals surface area contributed by atoms with Crippen LogP contribution in [-0.2, 0) is 0 Å². The van der Waals surface area contributed by atoms with Crippen molar-refractivity contribution >= 4 is 21.8 Å². The largest absolute Gasteiger partial charge is 0.364 e. The maximum atomic E-state index is 11.7. The maximum absolute atomic E-state index is 11.7. The number of halogens is 1. The molecule has 0 spiro atoms. The number of nitrogens with one attached hydrogen (secondary N) is 2. The highest BCUT2D eigenvalue weighted by Gasteiger charge is 2.10. The van der Waals surface area contributed by atoms with E-state index in [0.29, 0.717) is 12.5 Å². The standard InChI is InChI=1S/C11H15BrN2O2/c1-7(4-12)5-14-11(16)9-6-13-8(2)3-10(9)15/h3,6-7H,4-5H2,1-2H3,(H,13,15)(H,14,16). The lowest BCUT2D eigenvalue weighted by atomic mass is 10.2. The lowest BCUT2D eigenvalue weighted by Gasteiger charge is -2.09. The molecule has 1 aromatic heterocycles. The van der Waals surface area contributed by atoms with E-state index >= 15 is 0 Å². The number of aromatic amines is 1. The van der Waals surface area contributed by atoms with Gasteiger partial charge >= 0.3 is 0 Å². The van der Waals surface area contributed by atoms with Gasteiger partial charge in [-0.15, -0.1) is 0 Å². The van der Waals surface area contributed by atoms with Crippen LogP contribution in [0.2, 0.25) is 0 Å². The number of alkyl halides is 1. The third-order valence-electron chi connectivity index (χ3n) is 2.18. The highest BCUT2D eigenvalue weighted by molar-refractivity contribution is 9.09. The van der Waals surface area contributed by atoms with Gasteiger partial charge in [-0.2, -0.15) is 0 Å². The normalized spacial score (nSPS) is 12.2. The molecular formula is C11H15BrN2O2. The number of carbonyl (C=O) groups is 1. The molecule has 1 rings (SSSR count). The first-order valence-corrected chi connectivity index (χ1v) is 6.20. The van der Waals surface area contributed by atoms with Crippen LogP contribution in [0.3, 0.4) is 0 Å². The van der Waals surface area contributed by atoms with Crippen LogP contribution in [0.25, 0.3) is 0 Å². The van der Waals surface area contributed by atoms with E-state index in [1.807, 2.05) is 6.92 Å². The van der Waals surface area contributed by atoms with Gasteiger partial charge in [-0.25, -0.2) is 0 Å². The fraction of sp³-hybridized carbons (Fsp3) is 0.455. The number of aryl methyl sites for hydroxylation is 1. The molecule has 0 saturated heterocycles.